The summed E-state index contributed by atoms with van der Waals surface area (Å²) in [6.07, 6.45) is 4.45. The van der Waals surface area contributed by atoms with Gasteiger partial charge in [-0.05, 0) is 84.8 Å². The third-order valence-corrected chi connectivity index (χ3v) is 8.84. The van der Waals surface area contributed by atoms with Gasteiger partial charge in [-0.2, -0.15) is 0 Å². The average Bonchev–Trinajstić information content (AvgIpc) is 3.56. The Morgan fingerprint density at radius 1 is 0.977 bits per heavy atom. The van der Waals surface area contributed by atoms with Crippen molar-refractivity contribution in [3.8, 4) is 0 Å². The topological polar surface area (TPSA) is 158 Å². The number of hydrogen-bond donors (Lipinski definition) is 4. The second-order valence-electron chi connectivity index (χ2n) is 11.5. The van der Waals surface area contributed by atoms with E-state index in [4.69, 9.17) is 14.2 Å². The number of unbranched alkanes of at least 4 members (excludes halogenated alkanes) is 2. The maximum absolute atomic E-state index is 13.6. The molecule has 2 aliphatic heterocycles. The minimum Gasteiger partial charge on any atom is -0.481 e. The van der Waals surface area contributed by atoms with Crippen molar-refractivity contribution in [3.63, 3.8) is 0 Å². The smallest absolute Gasteiger partial charge is 0.455 e. The normalized spacial score (nSPS) is 24.0. The van der Waals surface area contributed by atoms with E-state index in [1.54, 1.807) is 12.1 Å². The van der Waals surface area contributed by atoms with Gasteiger partial charge in [0.1, 0.15) is 18.1 Å². The summed E-state index contributed by atoms with van der Waals surface area (Å²) in [5.74, 6) is -1.97. The molecular formula is C32H38BNO9. The Morgan fingerprint density at radius 2 is 1.77 bits per heavy atom. The molecule has 1 aromatic heterocycles. The van der Waals surface area contributed by atoms with Gasteiger partial charge in [-0.3, -0.25) is 19.3 Å². The van der Waals surface area contributed by atoms with Gasteiger partial charge in [0.2, 0.25) is 11.8 Å². The van der Waals surface area contributed by atoms with E-state index in [-0.39, 0.29) is 50.7 Å². The molecule has 10 nitrogen and oxygen atoms in total. The lowest BCUT2D eigenvalue weighted by Gasteiger charge is -2.43. The molecule has 0 spiro atoms. The van der Waals surface area contributed by atoms with Gasteiger partial charge in [-0.25, -0.2) is 0 Å². The molecule has 4 N–H and O–H groups in total. The van der Waals surface area contributed by atoms with Gasteiger partial charge < -0.3 is 29.4 Å². The quantitative estimate of drug-likeness (QED) is 0.118. The minimum absolute atomic E-state index is 0.0496. The number of amides is 2. The van der Waals surface area contributed by atoms with E-state index >= 15 is 0 Å². The summed E-state index contributed by atoms with van der Waals surface area (Å²) in [5.41, 5.74) is 3.44. The number of aliphatic carboxylic acids is 1. The number of imide groups is 1. The first-order valence-corrected chi connectivity index (χ1v) is 15.0. The molecule has 4 atom stereocenters. The fourth-order valence-electron chi connectivity index (χ4n) is 6.89. The molecule has 0 radical (unpaired) electrons. The highest BCUT2D eigenvalue weighted by molar-refractivity contribution is 6.43. The SMILES string of the molecule is O=C(O)CCCCCN1C(=O)[C@@H]2[C@@H](CC(CO)=C3[C@@H](CC/C(=C/c4ccc(CO)o4)c4ccccc4)OB(O)C[C@@H]32)C1=O. The number of benzene rings is 1. The first-order valence-electron chi connectivity index (χ1n) is 15.0. The fraction of sp³-hybridized carbons (Fsp3) is 0.469. The highest BCUT2D eigenvalue weighted by atomic mass is 16.5. The zero-order chi connectivity index (χ0) is 30.5. The van der Waals surface area contributed by atoms with E-state index < -0.39 is 36.9 Å². The summed E-state index contributed by atoms with van der Waals surface area (Å²) >= 11 is 0. The van der Waals surface area contributed by atoms with Crippen molar-refractivity contribution in [1.82, 2.24) is 4.90 Å². The number of aliphatic hydroxyl groups excluding tert-OH is 2. The van der Waals surface area contributed by atoms with Gasteiger partial charge in [0.05, 0.1) is 24.5 Å². The molecule has 43 heavy (non-hydrogen) atoms. The first kappa shape index (κ1) is 30.9. The van der Waals surface area contributed by atoms with E-state index in [1.807, 2.05) is 36.4 Å². The molecule has 3 heterocycles. The van der Waals surface area contributed by atoms with Gasteiger partial charge in [-0.1, -0.05) is 36.8 Å². The second kappa shape index (κ2) is 13.9. The van der Waals surface area contributed by atoms with Crippen LogP contribution >= 0.6 is 0 Å². The van der Waals surface area contributed by atoms with Crippen molar-refractivity contribution in [1.29, 1.82) is 0 Å². The van der Waals surface area contributed by atoms with E-state index in [0.717, 1.165) is 16.7 Å². The van der Waals surface area contributed by atoms with Gasteiger partial charge in [0.15, 0.2) is 0 Å². The molecular weight excluding hydrogens is 553 g/mol. The summed E-state index contributed by atoms with van der Waals surface area (Å²) in [7, 11) is -1.12. The predicted molar refractivity (Wildman–Crippen MR) is 158 cm³/mol. The molecule has 1 aliphatic carbocycles. The number of carboxylic acid groups (broad SMARTS) is 1. The van der Waals surface area contributed by atoms with E-state index in [9.17, 15) is 29.6 Å². The zero-order valence-electron chi connectivity index (χ0n) is 24.1. The number of furan rings is 1. The van der Waals surface area contributed by atoms with Crippen molar-refractivity contribution < 1.29 is 43.8 Å². The number of carbonyl (C=O) groups excluding carboxylic acids is 2. The minimum atomic E-state index is -1.12. The van der Waals surface area contributed by atoms with Crippen LogP contribution < -0.4 is 0 Å². The van der Waals surface area contributed by atoms with Crippen molar-refractivity contribution >= 4 is 36.6 Å². The molecule has 0 unspecified atom stereocenters. The number of fused-ring (bicyclic) bond motifs is 3. The van der Waals surface area contributed by atoms with Gasteiger partial charge in [-0.15, -0.1) is 0 Å². The van der Waals surface area contributed by atoms with Crippen LogP contribution in [0, 0.1) is 17.8 Å². The van der Waals surface area contributed by atoms with Gasteiger partial charge >= 0.3 is 13.1 Å². The highest BCUT2D eigenvalue weighted by Gasteiger charge is 2.57. The molecule has 1 aromatic carbocycles. The predicted octanol–water partition coefficient (Wildman–Crippen LogP) is 3.53. The Labute approximate surface area is 250 Å². The zero-order valence-corrected chi connectivity index (χ0v) is 24.1. The Hall–Kier alpha value is -3.51. The first-order chi connectivity index (χ1) is 20.8. The van der Waals surface area contributed by atoms with Crippen LogP contribution in [-0.4, -0.2) is 69.4 Å². The average molecular weight is 591 g/mol. The summed E-state index contributed by atoms with van der Waals surface area (Å²) in [4.78, 5) is 39.1. The molecule has 2 amide bonds. The van der Waals surface area contributed by atoms with Crippen LogP contribution in [0.4, 0.5) is 0 Å². The maximum atomic E-state index is 13.6. The van der Waals surface area contributed by atoms with Crippen LogP contribution in [0.25, 0.3) is 11.6 Å². The number of nitrogens with zero attached hydrogens (tertiary/aromatic N) is 1. The number of rotatable bonds is 13. The lowest BCUT2D eigenvalue weighted by atomic mass is 9.58. The Morgan fingerprint density at radius 3 is 2.47 bits per heavy atom. The van der Waals surface area contributed by atoms with Crippen LogP contribution in [0.3, 0.4) is 0 Å². The van der Waals surface area contributed by atoms with Crippen LogP contribution in [0.5, 0.6) is 0 Å². The molecule has 0 bridgehead atoms. The highest BCUT2D eigenvalue weighted by Crippen LogP contribution is 2.50. The summed E-state index contributed by atoms with van der Waals surface area (Å²) in [5, 5.41) is 39.5. The third-order valence-electron chi connectivity index (χ3n) is 8.84. The summed E-state index contributed by atoms with van der Waals surface area (Å²) in [6, 6.07) is 13.3. The van der Waals surface area contributed by atoms with Crippen molar-refractivity contribution in [3.05, 3.63) is 70.7 Å². The molecule has 0 saturated carbocycles. The third kappa shape index (κ3) is 6.85. The fourth-order valence-corrected chi connectivity index (χ4v) is 6.89. The molecule has 5 rings (SSSR count). The van der Waals surface area contributed by atoms with E-state index in [2.05, 4.69) is 0 Å². The van der Waals surface area contributed by atoms with Crippen LogP contribution in [0.1, 0.15) is 62.0 Å². The number of hydrogen-bond acceptors (Lipinski definition) is 8. The van der Waals surface area contributed by atoms with Crippen molar-refractivity contribution in [2.24, 2.45) is 17.8 Å². The Kier molecular flexibility index (Phi) is 9.97. The standard InChI is InChI=1S/C32H38BNO9/c35-18-22-16-25-30(32(40)34(31(25)39)14-6-2-5-9-28(37)38)26-17-33(41)43-27(29(22)26)13-10-21(20-7-3-1-4-8-20)15-23-11-12-24(19-36)42-23/h1,3-4,7-8,11-12,15,25-27,30,35-36,41H,2,5-6,9-10,13-14,16-19H2,(H,37,38)/b21-15-/t25-,26+,27-,30-/m1/s1. The lowest BCUT2D eigenvalue weighted by Crippen LogP contribution is -2.46. The van der Waals surface area contributed by atoms with Crippen LogP contribution in [0.15, 0.2) is 58.0 Å². The Balaban J connectivity index is 1.36. The molecule has 11 heteroatoms. The molecule has 228 valence electrons. The Bertz CT molecular complexity index is 1380. The lowest BCUT2D eigenvalue weighted by molar-refractivity contribution is -0.141. The molecule has 3 aliphatic rings. The molecule has 2 aromatic rings. The second-order valence-corrected chi connectivity index (χ2v) is 11.5. The van der Waals surface area contributed by atoms with Crippen LogP contribution in [0.2, 0.25) is 6.32 Å². The van der Waals surface area contributed by atoms with Gasteiger partial charge in [0, 0.05) is 13.0 Å². The monoisotopic (exact) mass is 591 g/mol. The largest absolute Gasteiger partial charge is 0.481 e. The van der Waals surface area contributed by atoms with Gasteiger partial charge in [0.25, 0.3) is 0 Å². The maximum Gasteiger partial charge on any atom is 0.455 e. The van der Waals surface area contributed by atoms with E-state index in [0.29, 0.717) is 49.2 Å². The van der Waals surface area contributed by atoms with E-state index in [1.165, 1.54) is 4.90 Å². The number of carboxylic acids is 1. The number of allylic oxidation sites excluding steroid dienone is 1. The molecule has 2 fully saturated rings. The summed E-state index contributed by atoms with van der Waals surface area (Å²) < 4.78 is 11.7. The molecule has 2 saturated heterocycles. The number of carbonyl (C=O) groups is 3. The number of likely N-dealkylation sites (tertiary alicyclic amines) is 1. The van der Waals surface area contributed by atoms with Crippen LogP contribution in [-0.2, 0) is 25.6 Å². The van der Waals surface area contributed by atoms with Crippen molar-refractivity contribution in [2.45, 2.75) is 64.0 Å². The van der Waals surface area contributed by atoms with Crippen molar-refractivity contribution in [2.75, 3.05) is 13.2 Å². The number of aliphatic hydroxyl groups is 2. The summed E-state index contributed by atoms with van der Waals surface area (Å²) in [6.45, 7) is -0.230.